The van der Waals surface area contributed by atoms with Crippen molar-refractivity contribution in [3.8, 4) is 5.75 Å². The van der Waals surface area contributed by atoms with Gasteiger partial charge in [-0.15, -0.1) is 0 Å². The molecule has 0 radical (unpaired) electrons. The number of hydrogen-bond donors (Lipinski definition) is 1. The first kappa shape index (κ1) is 21.9. The fraction of sp³-hybridized carbons (Fsp3) is 0.240. The number of fused-ring (bicyclic) bond motifs is 1. The highest BCUT2D eigenvalue weighted by atomic mass is 32.2. The predicted octanol–water partition coefficient (Wildman–Crippen LogP) is 4.52. The summed E-state index contributed by atoms with van der Waals surface area (Å²) in [5, 5.41) is 2.88. The number of hydrogen-bond acceptors (Lipinski definition) is 4. The Balaban J connectivity index is 1.69. The van der Waals surface area contributed by atoms with E-state index in [9.17, 15) is 13.2 Å². The van der Waals surface area contributed by atoms with Crippen molar-refractivity contribution in [1.82, 2.24) is 0 Å². The van der Waals surface area contributed by atoms with Gasteiger partial charge in [0, 0.05) is 5.69 Å². The van der Waals surface area contributed by atoms with Gasteiger partial charge in [0.1, 0.15) is 5.75 Å². The molecule has 1 atom stereocenters. The third-order valence-corrected chi connectivity index (χ3v) is 7.32. The van der Waals surface area contributed by atoms with Gasteiger partial charge < -0.3 is 10.1 Å². The van der Waals surface area contributed by atoms with Crippen LogP contribution in [-0.2, 0) is 14.8 Å². The predicted molar refractivity (Wildman–Crippen MR) is 126 cm³/mol. The fourth-order valence-corrected chi connectivity index (χ4v) is 5.20. The summed E-state index contributed by atoms with van der Waals surface area (Å²) in [4.78, 5) is 13.2. The van der Waals surface area contributed by atoms with Crippen LogP contribution in [0.1, 0.15) is 22.3 Å². The zero-order valence-electron chi connectivity index (χ0n) is 18.5. The monoisotopic (exact) mass is 450 g/mol. The SMILES string of the molecule is Cc1ccc(S(=O)(=O)N2C[C@H](C(=O)Nc3ccc(C)cc3C)Oc3ccc(C)cc32)cc1. The third kappa shape index (κ3) is 4.21. The van der Waals surface area contributed by atoms with Crippen LogP contribution in [0.5, 0.6) is 5.75 Å². The molecule has 3 aromatic carbocycles. The fourth-order valence-electron chi connectivity index (χ4n) is 3.73. The quantitative estimate of drug-likeness (QED) is 0.634. The number of benzene rings is 3. The van der Waals surface area contributed by atoms with Crippen molar-refractivity contribution in [3.05, 3.63) is 82.9 Å². The van der Waals surface area contributed by atoms with Crippen LogP contribution in [0.4, 0.5) is 11.4 Å². The highest BCUT2D eigenvalue weighted by molar-refractivity contribution is 7.92. The number of aryl methyl sites for hydroxylation is 4. The lowest BCUT2D eigenvalue weighted by Crippen LogP contribution is -2.48. The molecule has 0 fully saturated rings. The second kappa shape index (κ2) is 8.31. The van der Waals surface area contributed by atoms with E-state index in [1.165, 1.54) is 4.31 Å². The molecule has 166 valence electrons. The molecule has 3 aromatic rings. The van der Waals surface area contributed by atoms with Crippen LogP contribution in [0.3, 0.4) is 0 Å². The number of anilines is 2. The van der Waals surface area contributed by atoms with Gasteiger partial charge in [0.05, 0.1) is 17.1 Å². The van der Waals surface area contributed by atoms with Gasteiger partial charge >= 0.3 is 0 Å². The van der Waals surface area contributed by atoms with E-state index in [1.54, 1.807) is 36.4 Å². The molecule has 0 saturated heterocycles. The van der Waals surface area contributed by atoms with Crippen molar-refractivity contribution in [2.24, 2.45) is 0 Å². The Morgan fingerprint density at radius 2 is 1.53 bits per heavy atom. The summed E-state index contributed by atoms with van der Waals surface area (Å²) in [5.74, 6) is -0.0365. The molecular formula is C25H26N2O4S. The van der Waals surface area contributed by atoms with E-state index in [0.29, 0.717) is 17.1 Å². The molecule has 0 unspecified atom stereocenters. The van der Waals surface area contributed by atoms with E-state index in [0.717, 1.165) is 22.3 Å². The van der Waals surface area contributed by atoms with Gasteiger partial charge in [0.25, 0.3) is 15.9 Å². The van der Waals surface area contributed by atoms with Crippen molar-refractivity contribution >= 4 is 27.3 Å². The van der Waals surface area contributed by atoms with Crippen LogP contribution in [0.25, 0.3) is 0 Å². The molecule has 1 amide bonds. The molecule has 1 aliphatic heterocycles. The van der Waals surface area contributed by atoms with E-state index >= 15 is 0 Å². The summed E-state index contributed by atoms with van der Waals surface area (Å²) in [7, 11) is -3.89. The lowest BCUT2D eigenvalue weighted by atomic mass is 10.1. The number of rotatable bonds is 4. The lowest BCUT2D eigenvalue weighted by molar-refractivity contribution is -0.122. The van der Waals surface area contributed by atoms with Crippen molar-refractivity contribution in [3.63, 3.8) is 0 Å². The van der Waals surface area contributed by atoms with E-state index < -0.39 is 22.0 Å². The molecule has 4 rings (SSSR count). The molecule has 0 aliphatic carbocycles. The van der Waals surface area contributed by atoms with E-state index in [4.69, 9.17) is 4.74 Å². The summed E-state index contributed by atoms with van der Waals surface area (Å²) < 4.78 is 34.3. The average molecular weight is 451 g/mol. The van der Waals surface area contributed by atoms with Crippen LogP contribution >= 0.6 is 0 Å². The summed E-state index contributed by atoms with van der Waals surface area (Å²) in [6.07, 6.45) is -0.994. The highest BCUT2D eigenvalue weighted by Crippen LogP contribution is 2.38. The number of carbonyl (C=O) groups is 1. The molecule has 1 N–H and O–H groups in total. The Kier molecular flexibility index (Phi) is 5.69. The summed E-state index contributed by atoms with van der Waals surface area (Å²) >= 11 is 0. The maximum atomic E-state index is 13.5. The van der Waals surface area contributed by atoms with Gasteiger partial charge in [-0.2, -0.15) is 0 Å². The zero-order chi connectivity index (χ0) is 23.0. The Hall–Kier alpha value is -3.32. The topological polar surface area (TPSA) is 75.7 Å². The van der Waals surface area contributed by atoms with Crippen molar-refractivity contribution < 1.29 is 17.9 Å². The van der Waals surface area contributed by atoms with Crippen LogP contribution in [0, 0.1) is 27.7 Å². The first-order chi connectivity index (χ1) is 15.1. The standard InChI is InChI=1S/C25H26N2O4S/c1-16-5-9-20(10-6-16)32(29,30)27-15-24(31-23-12-8-18(3)14-22(23)27)25(28)26-21-11-7-17(2)13-19(21)4/h5-14,24H,15H2,1-4H3,(H,26,28)/t24-/m1/s1. The van der Waals surface area contributed by atoms with Crippen LogP contribution < -0.4 is 14.4 Å². The van der Waals surface area contributed by atoms with Gasteiger partial charge in [0.2, 0.25) is 0 Å². The molecule has 0 bridgehead atoms. The first-order valence-electron chi connectivity index (χ1n) is 10.4. The number of ether oxygens (including phenoxy) is 1. The molecule has 1 aliphatic rings. The minimum Gasteiger partial charge on any atom is -0.476 e. The second-order valence-electron chi connectivity index (χ2n) is 8.23. The van der Waals surface area contributed by atoms with E-state index in [1.807, 2.05) is 52.0 Å². The maximum absolute atomic E-state index is 13.5. The van der Waals surface area contributed by atoms with Gasteiger partial charge in [-0.3, -0.25) is 9.10 Å². The number of nitrogens with zero attached hydrogens (tertiary/aromatic N) is 1. The third-order valence-electron chi connectivity index (χ3n) is 5.53. The molecule has 0 aromatic heterocycles. The van der Waals surface area contributed by atoms with E-state index in [-0.39, 0.29) is 11.4 Å². The zero-order valence-corrected chi connectivity index (χ0v) is 19.4. The minimum absolute atomic E-state index is 0.122. The summed E-state index contributed by atoms with van der Waals surface area (Å²) in [6, 6.07) is 17.7. The van der Waals surface area contributed by atoms with Crippen molar-refractivity contribution in [2.75, 3.05) is 16.2 Å². The van der Waals surface area contributed by atoms with Crippen LogP contribution in [0.2, 0.25) is 0 Å². The van der Waals surface area contributed by atoms with E-state index in [2.05, 4.69) is 5.32 Å². The van der Waals surface area contributed by atoms with Crippen molar-refractivity contribution in [2.45, 2.75) is 38.7 Å². The second-order valence-corrected chi connectivity index (χ2v) is 10.1. The summed E-state index contributed by atoms with van der Waals surface area (Å²) in [5.41, 5.74) is 4.99. The Labute approximate surface area is 188 Å². The Bertz CT molecular complexity index is 1280. The molecule has 1 heterocycles. The Morgan fingerprint density at radius 3 is 2.22 bits per heavy atom. The number of amides is 1. The lowest BCUT2D eigenvalue weighted by Gasteiger charge is -2.35. The molecule has 7 heteroatoms. The molecule has 32 heavy (non-hydrogen) atoms. The first-order valence-corrected chi connectivity index (χ1v) is 11.8. The average Bonchev–Trinajstić information content (AvgIpc) is 2.75. The maximum Gasteiger partial charge on any atom is 0.267 e. The largest absolute Gasteiger partial charge is 0.476 e. The normalized spacial score (nSPS) is 15.6. The smallest absolute Gasteiger partial charge is 0.267 e. The van der Waals surface area contributed by atoms with Gasteiger partial charge in [-0.05, 0) is 69.2 Å². The molecule has 6 nitrogen and oxygen atoms in total. The minimum atomic E-state index is -3.89. The summed E-state index contributed by atoms with van der Waals surface area (Å²) in [6.45, 7) is 7.56. The number of carbonyl (C=O) groups excluding carboxylic acids is 1. The number of nitrogens with one attached hydrogen (secondary N) is 1. The van der Waals surface area contributed by atoms with Crippen LogP contribution in [0.15, 0.2) is 65.6 Å². The molecule has 0 saturated carbocycles. The van der Waals surface area contributed by atoms with Gasteiger partial charge in [0.15, 0.2) is 6.10 Å². The highest BCUT2D eigenvalue weighted by Gasteiger charge is 2.37. The Morgan fingerprint density at radius 1 is 0.906 bits per heavy atom. The van der Waals surface area contributed by atoms with Gasteiger partial charge in [-0.25, -0.2) is 8.42 Å². The number of sulfonamides is 1. The van der Waals surface area contributed by atoms with Gasteiger partial charge in [-0.1, -0.05) is 41.5 Å². The molecular weight excluding hydrogens is 424 g/mol. The van der Waals surface area contributed by atoms with Crippen LogP contribution in [-0.4, -0.2) is 27.0 Å². The van der Waals surface area contributed by atoms with Crippen molar-refractivity contribution in [1.29, 1.82) is 0 Å². The molecule has 0 spiro atoms.